The molecule has 0 bridgehead atoms. The molecule has 0 aliphatic heterocycles. The van der Waals surface area contributed by atoms with Crippen LogP contribution in [0, 0.1) is 0 Å². The first-order chi connectivity index (χ1) is 9.79. The Bertz CT molecular complexity index is 419. The van der Waals surface area contributed by atoms with E-state index in [9.17, 15) is 4.79 Å². The molecule has 0 saturated carbocycles. The standard InChI is InChI=1S/C16H24N2O2/c1-3-5-12-20-13-11-18-16(19)14-8-6-7-9-15(14)17-10-4-2/h3,6-9,17H,1,4-5,10-13H2,2H3,(H,18,19). The molecule has 0 fully saturated rings. The summed E-state index contributed by atoms with van der Waals surface area (Å²) >= 11 is 0. The Balaban J connectivity index is 2.40. The van der Waals surface area contributed by atoms with E-state index in [1.165, 1.54) is 0 Å². The second-order valence-corrected chi connectivity index (χ2v) is 4.42. The highest BCUT2D eigenvalue weighted by Crippen LogP contribution is 2.14. The zero-order chi connectivity index (χ0) is 14.6. The van der Waals surface area contributed by atoms with Crippen molar-refractivity contribution in [1.29, 1.82) is 0 Å². The Morgan fingerprint density at radius 1 is 1.30 bits per heavy atom. The minimum Gasteiger partial charge on any atom is -0.384 e. The normalized spacial score (nSPS) is 10.1. The van der Waals surface area contributed by atoms with Gasteiger partial charge in [-0.3, -0.25) is 4.79 Å². The van der Waals surface area contributed by atoms with E-state index in [0.29, 0.717) is 25.3 Å². The topological polar surface area (TPSA) is 50.4 Å². The number of amides is 1. The second-order valence-electron chi connectivity index (χ2n) is 4.42. The van der Waals surface area contributed by atoms with Gasteiger partial charge in [0.1, 0.15) is 0 Å². The summed E-state index contributed by atoms with van der Waals surface area (Å²) in [6.45, 7) is 8.25. The number of nitrogens with one attached hydrogen (secondary N) is 2. The minimum absolute atomic E-state index is 0.0727. The Kier molecular flexibility index (Phi) is 8.15. The molecule has 4 heteroatoms. The van der Waals surface area contributed by atoms with E-state index in [1.807, 2.05) is 30.3 Å². The zero-order valence-electron chi connectivity index (χ0n) is 12.2. The molecule has 2 N–H and O–H groups in total. The quantitative estimate of drug-likeness (QED) is 0.510. The maximum absolute atomic E-state index is 12.1. The predicted molar refractivity (Wildman–Crippen MR) is 83.2 cm³/mol. The molecule has 1 aromatic carbocycles. The summed E-state index contributed by atoms with van der Waals surface area (Å²) in [7, 11) is 0. The van der Waals surface area contributed by atoms with Gasteiger partial charge in [-0.05, 0) is 25.0 Å². The Labute approximate surface area is 121 Å². The molecule has 0 aliphatic carbocycles. The van der Waals surface area contributed by atoms with Gasteiger partial charge < -0.3 is 15.4 Å². The maximum atomic E-state index is 12.1. The number of carbonyl (C=O) groups is 1. The van der Waals surface area contributed by atoms with Crippen LogP contribution < -0.4 is 10.6 Å². The van der Waals surface area contributed by atoms with Crippen molar-refractivity contribution in [3.63, 3.8) is 0 Å². The molecular formula is C16H24N2O2. The van der Waals surface area contributed by atoms with Crippen LogP contribution in [0.3, 0.4) is 0 Å². The van der Waals surface area contributed by atoms with Crippen LogP contribution in [-0.4, -0.2) is 32.2 Å². The van der Waals surface area contributed by atoms with Gasteiger partial charge in [0.25, 0.3) is 5.91 Å². The van der Waals surface area contributed by atoms with E-state index in [-0.39, 0.29) is 5.91 Å². The van der Waals surface area contributed by atoms with E-state index in [2.05, 4.69) is 24.1 Å². The van der Waals surface area contributed by atoms with Gasteiger partial charge in [0.05, 0.1) is 18.8 Å². The Morgan fingerprint density at radius 2 is 2.10 bits per heavy atom. The van der Waals surface area contributed by atoms with Crippen LogP contribution in [0.25, 0.3) is 0 Å². The first-order valence-electron chi connectivity index (χ1n) is 7.09. The molecule has 0 aliphatic rings. The number of benzene rings is 1. The van der Waals surface area contributed by atoms with Crippen LogP contribution in [0.5, 0.6) is 0 Å². The Morgan fingerprint density at radius 3 is 2.85 bits per heavy atom. The first kappa shape index (κ1) is 16.2. The molecule has 0 heterocycles. The SMILES string of the molecule is C=CCCOCCNC(=O)c1ccccc1NCCC. The fourth-order valence-electron chi connectivity index (χ4n) is 1.70. The highest BCUT2D eigenvalue weighted by atomic mass is 16.5. The first-order valence-corrected chi connectivity index (χ1v) is 7.09. The summed E-state index contributed by atoms with van der Waals surface area (Å²) in [5, 5.41) is 6.12. The van der Waals surface area contributed by atoms with Gasteiger partial charge in [0.2, 0.25) is 0 Å². The van der Waals surface area contributed by atoms with Crippen LogP contribution in [0.2, 0.25) is 0 Å². The summed E-state index contributed by atoms with van der Waals surface area (Å²) in [5.74, 6) is -0.0727. The molecule has 0 aromatic heterocycles. The molecule has 20 heavy (non-hydrogen) atoms. The van der Waals surface area contributed by atoms with Gasteiger partial charge in [-0.25, -0.2) is 0 Å². The van der Waals surface area contributed by atoms with Gasteiger partial charge in [-0.2, -0.15) is 0 Å². The van der Waals surface area contributed by atoms with Gasteiger partial charge >= 0.3 is 0 Å². The summed E-state index contributed by atoms with van der Waals surface area (Å²) in [5.41, 5.74) is 1.55. The lowest BCUT2D eigenvalue weighted by Crippen LogP contribution is -2.28. The lowest BCUT2D eigenvalue weighted by Gasteiger charge is -2.11. The van der Waals surface area contributed by atoms with Crippen molar-refractivity contribution >= 4 is 11.6 Å². The zero-order valence-corrected chi connectivity index (χ0v) is 12.2. The maximum Gasteiger partial charge on any atom is 0.253 e. The average Bonchev–Trinajstić information content (AvgIpc) is 2.48. The summed E-state index contributed by atoms with van der Waals surface area (Å²) in [6.07, 6.45) is 3.67. The largest absolute Gasteiger partial charge is 0.384 e. The van der Waals surface area contributed by atoms with E-state index >= 15 is 0 Å². The van der Waals surface area contributed by atoms with Crippen LogP contribution >= 0.6 is 0 Å². The van der Waals surface area contributed by atoms with Crippen molar-refractivity contribution in [1.82, 2.24) is 5.32 Å². The summed E-state index contributed by atoms with van der Waals surface area (Å²) < 4.78 is 5.35. The van der Waals surface area contributed by atoms with Crippen molar-refractivity contribution < 1.29 is 9.53 Å². The number of hydrogen-bond acceptors (Lipinski definition) is 3. The monoisotopic (exact) mass is 276 g/mol. The molecule has 0 saturated heterocycles. The van der Waals surface area contributed by atoms with Crippen molar-refractivity contribution in [2.24, 2.45) is 0 Å². The fourth-order valence-corrected chi connectivity index (χ4v) is 1.70. The van der Waals surface area contributed by atoms with Gasteiger partial charge in [0, 0.05) is 18.8 Å². The van der Waals surface area contributed by atoms with E-state index in [1.54, 1.807) is 0 Å². The fraction of sp³-hybridized carbons (Fsp3) is 0.438. The molecule has 0 unspecified atom stereocenters. The molecule has 0 radical (unpaired) electrons. The molecule has 1 rings (SSSR count). The molecule has 0 atom stereocenters. The van der Waals surface area contributed by atoms with Crippen LogP contribution in [0.4, 0.5) is 5.69 Å². The third-order valence-electron chi connectivity index (χ3n) is 2.74. The van der Waals surface area contributed by atoms with Gasteiger partial charge in [-0.15, -0.1) is 6.58 Å². The molecule has 1 amide bonds. The number of ether oxygens (including phenoxy) is 1. The second kappa shape index (κ2) is 10.0. The van der Waals surface area contributed by atoms with E-state index < -0.39 is 0 Å². The molecule has 4 nitrogen and oxygen atoms in total. The predicted octanol–water partition coefficient (Wildman–Crippen LogP) is 2.83. The average molecular weight is 276 g/mol. The summed E-state index contributed by atoms with van der Waals surface area (Å²) in [6, 6.07) is 7.54. The molecular weight excluding hydrogens is 252 g/mol. The van der Waals surface area contributed by atoms with Crippen LogP contribution in [0.15, 0.2) is 36.9 Å². The molecule has 110 valence electrons. The number of hydrogen-bond donors (Lipinski definition) is 2. The number of rotatable bonds is 10. The van der Waals surface area contributed by atoms with Crippen LogP contribution in [0.1, 0.15) is 30.1 Å². The third kappa shape index (κ3) is 5.89. The molecule has 0 spiro atoms. The lowest BCUT2D eigenvalue weighted by molar-refractivity contribution is 0.0918. The minimum atomic E-state index is -0.0727. The van der Waals surface area contributed by atoms with Crippen molar-refractivity contribution in [3.05, 3.63) is 42.5 Å². The van der Waals surface area contributed by atoms with Gasteiger partial charge in [0.15, 0.2) is 0 Å². The van der Waals surface area contributed by atoms with E-state index in [4.69, 9.17) is 4.74 Å². The Hall–Kier alpha value is -1.81. The van der Waals surface area contributed by atoms with Crippen LogP contribution in [-0.2, 0) is 4.74 Å². The smallest absolute Gasteiger partial charge is 0.253 e. The van der Waals surface area contributed by atoms with Crippen molar-refractivity contribution in [3.8, 4) is 0 Å². The number of carbonyl (C=O) groups excluding carboxylic acids is 1. The van der Waals surface area contributed by atoms with Crippen molar-refractivity contribution in [2.75, 3.05) is 31.6 Å². The number of anilines is 1. The lowest BCUT2D eigenvalue weighted by atomic mass is 10.1. The highest BCUT2D eigenvalue weighted by molar-refractivity contribution is 5.99. The van der Waals surface area contributed by atoms with E-state index in [0.717, 1.165) is 25.1 Å². The highest BCUT2D eigenvalue weighted by Gasteiger charge is 2.09. The molecule has 1 aromatic rings. The number of para-hydroxylation sites is 1. The third-order valence-corrected chi connectivity index (χ3v) is 2.74. The summed E-state index contributed by atoms with van der Waals surface area (Å²) in [4.78, 5) is 12.1. The van der Waals surface area contributed by atoms with Gasteiger partial charge in [-0.1, -0.05) is 25.1 Å². The van der Waals surface area contributed by atoms with Crippen molar-refractivity contribution in [2.45, 2.75) is 19.8 Å².